The van der Waals surface area contributed by atoms with Crippen LogP contribution in [0, 0.1) is 11.7 Å². The van der Waals surface area contributed by atoms with Gasteiger partial charge in [-0.3, -0.25) is 4.79 Å². The number of benzene rings is 1. The van der Waals surface area contributed by atoms with E-state index in [4.69, 9.17) is 4.74 Å². The lowest BCUT2D eigenvalue weighted by Gasteiger charge is -2.41. The molecular formula is C17H23FN2O2. The highest BCUT2D eigenvalue weighted by Gasteiger charge is 2.45. The van der Waals surface area contributed by atoms with E-state index in [-0.39, 0.29) is 23.6 Å². The zero-order chi connectivity index (χ0) is 15.7. The van der Waals surface area contributed by atoms with Crippen LogP contribution < -0.4 is 0 Å². The van der Waals surface area contributed by atoms with E-state index in [1.54, 1.807) is 25.3 Å². The van der Waals surface area contributed by atoms with E-state index < -0.39 is 5.82 Å². The third kappa shape index (κ3) is 2.63. The van der Waals surface area contributed by atoms with Crippen molar-refractivity contribution in [2.24, 2.45) is 5.92 Å². The molecule has 0 aliphatic carbocycles. The van der Waals surface area contributed by atoms with Crippen LogP contribution in [-0.2, 0) is 4.74 Å². The summed E-state index contributed by atoms with van der Waals surface area (Å²) >= 11 is 0. The van der Waals surface area contributed by atoms with Crippen molar-refractivity contribution >= 4 is 5.91 Å². The predicted molar refractivity (Wildman–Crippen MR) is 82.2 cm³/mol. The Morgan fingerprint density at radius 1 is 1.36 bits per heavy atom. The highest BCUT2D eigenvalue weighted by atomic mass is 19.1. The lowest BCUT2D eigenvalue weighted by Crippen LogP contribution is -2.53. The summed E-state index contributed by atoms with van der Waals surface area (Å²) < 4.78 is 19.6. The summed E-state index contributed by atoms with van der Waals surface area (Å²) in [7, 11) is 1.74. The standard InChI is InChI=1S/C17H23FN2O2/c1-3-19-10-13-15(11-19)20(9-8-16(13)22-2)17(21)12-6-4-5-7-14(12)18/h4-7,13,15-16H,3,8-11H2,1-2H3/t13-,15+,16+/m1/s1. The summed E-state index contributed by atoms with van der Waals surface area (Å²) in [6.07, 6.45) is 1.00. The smallest absolute Gasteiger partial charge is 0.257 e. The van der Waals surface area contributed by atoms with Crippen LogP contribution in [0.15, 0.2) is 24.3 Å². The zero-order valence-corrected chi connectivity index (χ0v) is 13.2. The highest BCUT2D eigenvalue weighted by Crippen LogP contribution is 2.33. The van der Waals surface area contributed by atoms with Gasteiger partial charge in [0.15, 0.2) is 0 Å². The average Bonchev–Trinajstić information content (AvgIpc) is 2.98. The van der Waals surface area contributed by atoms with Gasteiger partial charge < -0.3 is 14.5 Å². The molecule has 2 fully saturated rings. The molecule has 3 atom stereocenters. The van der Waals surface area contributed by atoms with Gasteiger partial charge in [0.2, 0.25) is 0 Å². The van der Waals surface area contributed by atoms with Crippen LogP contribution in [0.4, 0.5) is 4.39 Å². The van der Waals surface area contributed by atoms with Crippen molar-refractivity contribution in [3.63, 3.8) is 0 Å². The molecule has 1 aromatic carbocycles. The molecule has 5 heteroatoms. The van der Waals surface area contributed by atoms with Crippen molar-refractivity contribution in [1.82, 2.24) is 9.80 Å². The number of hydrogen-bond acceptors (Lipinski definition) is 3. The molecule has 3 rings (SSSR count). The Morgan fingerprint density at radius 2 is 2.14 bits per heavy atom. The largest absolute Gasteiger partial charge is 0.381 e. The molecule has 4 nitrogen and oxygen atoms in total. The quantitative estimate of drug-likeness (QED) is 0.856. The fraction of sp³-hybridized carbons (Fsp3) is 0.588. The first kappa shape index (κ1) is 15.4. The van der Waals surface area contributed by atoms with Crippen LogP contribution in [0.1, 0.15) is 23.7 Å². The topological polar surface area (TPSA) is 32.8 Å². The molecule has 2 saturated heterocycles. The van der Waals surface area contributed by atoms with Crippen LogP contribution >= 0.6 is 0 Å². The summed E-state index contributed by atoms with van der Waals surface area (Å²) in [4.78, 5) is 17.0. The fourth-order valence-corrected chi connectivity index (χ4v) is 3.83. The van der Waals surface area contributed by atoms with E-state index in [9.17, 15) is 9.18 Å². The summed E-state index contributed by atoms with van der Waals surface area (Å²) in [5.41, 5.74) is 0.173. The molecule has 2 aliphatic heterocycles. The monoisotopic (exact) mass is 306 g/mol. The van der Waals surface area contributed by atoms with Gasteiger partial charge in [0, 0.05) is 32.7 Å². The summed E-state index contributed by atoms with van der Waals surface area (Å²) in [6, 6.07) is 6.36. The van der Waals surface area contributed by atoms with Crippen LogP contribution in [0.5, 0.6) is 0 Å². The Labute approximate surface area is 130 Å². The SMILES string of the molecule is CCN1C[C@H]2[C@@H](OC)CCN(C(=O)c3ccccc3F)[C@H]2C1. The first-order valence-corrected chi connectivity index (χ1v) is 7.96. The van der Waals surface area contributed by atoms with Crippen LogP contribution in [0.3, 0.4) is 0 Å². The maximum absolute atomic E-state index is 13.9. The highest BCUT2D eigenvalue weighted by molar-refractivity contribution is 5.94. The predicted octanol–water partition coefficient (Wildman–Crippen LogP) is 2.01. The van der Waals surface area contributed by atoms with Gasteiger partial charge in [0.25, 0.3) is 5.91 Å². The average molecular weight is 306 g/mol. The molecular weight excluding hydrogens is 283 g/mol. The maximum atomic E-state index is 13.9. The lowest BCUT2D eigenvalue weighted by molar-refractivity contribution is -0.0157. The number of nitrogens with zero attached hydrogens (tertiary/aromatic N) is 2. The van der Waals surface area contributed by atoms with Crippen LogP contribution in [0.2, 0.25) is 0 Å². The number of halogens is 1. The number of rotatable bonds is 3. The molecule has 1 amide bonds. The molecule has 120 valence electrons. The molecule has 1 aromatic rings. The summed E-state index contributed by atoms with van der Waals surface area (Å²) in [6.45, 7) is 5.51. The minimum absolute atomic E-state index is 0.116. The number of amides is 1. The number of hydrogen-bond donors (Lipinski definition) is 0. The molecule has 0 spiro atoms. The van der Waals surface area contributed by atoms with Gasteiger partial charge in [0.05, 0.1) is 17.7 Å². The van der Waals surface area contributed by atoms with Crippen molar-refractivity contribution in [2.75, 3.05) is 33.3 Å². The van der Waals surface area contributed by atoms with Gasteiger partial charge in [-0.2, -0.15) is 0 Å². The summed E-state index contributed by atoms with van der Waals surface area (Å²) in [5.74, 6) is -0.321. The molecule has 0 aromatic heterocycles. The number of methoxy groups -OCH3 is 1. The van der Waals surface area contributed by atoms with Gasteiger partial charge in [-0.05, 0) is 25.1 Å². The van der Waals surface area contributed by atoms with E-state index in [1.165, 1.54) is 6.07 Å². The van der Waals surface area contributed by atoms with Gasteiger partial charge in [-0.25, -0.2) is 4.39 Å². The molecule has 0 unspecified atom stereocenters. The van der Waals surface area contributed by atoms with E-state index in [2.05, 4.69) is 11.8 Å². The second-order valence-electron chi connectivity index (χ2n) is 6.12. The van der Waals surface area contributed by atoms with Crippen LogP contribution in [0.25, 0.3) is 0 Å². The number of piperidine rings is 1. The molecule has 0 saturated carbocycles. The number of ether oxygens (including phenoxy) is 1. The number of likely N-dealkylation sites (N-methyl/N-ethyl adjacent to an activating group) is 1. The Balaban J connectivity index is 1.85. The zero-order valence-electron chi connectivity index (χ0n) is 13.2. The molecule has 22 heavy (non-hydrogen) atoms. The third-order valence-electron chi connectivity index (χ3n) is 5.06. The van der Waals surface area contributed by atoms with Gasteiger partial charge in [-0.1, -0.05) is 19.1 Å². The number of fused-ring (bicyclic) bond motifs is 1. The minimum atomic E-state index is -0.441. The first-order valence-electron chi connectivity index (χ1n) is 7.96. The maximum Gasteiger partial charge on any atom is 0.257 e. The van der Waals surface area contributed by atoms with E-state index in [0.29, 0.717) is 12.5 Å². The molecule has 0 bridgehead atoms. The van der Waals surface area contributed by atoms with Gasteiger partial charge in [-0.15, -0.1) is 0 Å². The number of likely N-dealkylation sites (tertiary alicyclic amines) is 2. The number of carbonyl (C=O) groups is 1. The minimum Gasteiger partial charge on any atom is -0.381 e. The molecule has 0 N–H and O–H groups in total. The second kappa shape index (κ2) is 6.34. The van der Waals surface area contributed by atoms with Crippen molar-refractivity contribution in [3.05, 3.63) is 35.6 Å². The van der Waals surface area contributed by atoms with Gasteiger partial charge >= 0.3 is 0 Å². The second-order valence-corrected chi connectivity index (χ2v) is 6.12. The Hall–Kier alpha value is -1.46. The Bertz CT molecular complexity index is 551. The molecule has 2 heterocycles. The first-order chi connectivity index (χ1) is 10.7. The van der Waals surface area contributed by atoms with E-state index >= 15 is 0 Å². The Kier molecular flexibility index (Phi) is 4.45. The Morgan fingerprint density at radius 3 is 2.82 bits per heavy atom. The summed E-state index contributed by atoms with van der Waals surface area (Å²) in [5, 5.41) is 0. The number of carbonyl (C=O) groups excluding carboxylic acids is 1. The van der Waals surface area contributed by atoms with Crippen molar-refractivity contribution in [3.8, 4) is 0 Å². The van der Waals surface area contributed by atoms with Crippen LogP contribution in [-0.4, -0.2) is 61.1 Å². The third-order valence-corrected chi connectivity index (χ3v) is 5.06. The van der Waals surface area contributed by atoms with Crippen molar-refractivity contribution in [1.29, 1.82) is 0 Å². The normalized spacial score (nSPS) is 28.7. The van der Waals surface area contributed by atoms with Crippen molar-refractivity contribution < 1.29 is 13.9 Å². The molecule has 0 radical (unpaired) electrons. The van der Waals surface area contributed by atoms with E-state index in [1.807, 2.05) is 4.90 Å². The van der Waals surface area contributed by atoms with Gasteiger partial charge in [0.1, 0.15) is 5.82 Å². The lowest BCUT2D eigenvalue weighted by atomic mass is 9.88. The van der Waals surface area contributed by atoms with Crippen molar-refractivity contribution in [2.45, 2.75) is 25.5 Å². The molecule has 2 aliphatic rings. The fourth-order valence-electron chi connectivity index (χ4n) is 3.83. The van der Waals surface area contributed by atoms with E-state index in [0.717, 1.165) is 26.1 Å².